The van der Waals surface area contributed by atoms with Gasteiger partial charge < -0.3 is 16.4 Å². The fraction of sp³-hybridized carbons (Fsp3) is 0.412. The number of nitro groups is 1. The van der Waals surface area contributed by atoms with Crippen molar-refractivity contribution in [3.8, 4) is 0 Å². The number of hydrogen-bond acceptors (Lipinski definition) is 8. The molecule has 2 aliphatic carbocycles. The molecule has 1 amide bonds. The lowest BCUT2D eigenvalue weighted by molar-refractivity contribution is -0.384. The van der Waals surface area contributed by atoms with Crippen LogP contribution in [0.4, 0.5) is 23.1 Å². The highest BCUT2D eigenvalue weighted by Gasteiger charge is 2.48. The lowest BCUT2D eigenvalue weighted by atomic mass is 9.88. The first-order valence-electron chi connectivity index (χ1n) is 9.01. The van der Waals surface area contributed by atoms with Crippen molar-refractivity contribution in [2.24, 2.45) is 23.5 Å². The van der Waals surface area contributed by atoms with Gasteiger partial charge in [-0.2, -0.15) is 10.1 Å². The second-order valence-electron chi connectivity index (χ2n) is 6.94. The molecule has 0 aromatic carbocycles. The maximum atomic E-state index is 11.9. The van der Waals surface area contributed by atoms with E-state index in [2.05, 4.69) is 25.7 Å². The topological polar surface area (TPSA) is 154 Å². The first-order valence-corrected chi connectivity index (χ1v) is 9.01. The number of allylic oxidation sites excluding steroid dienone is 1. The monoisotopic (exact) mass is 384 g/mol. The van der Waals surface area contributed by atoms with E-state index < -0.39 is 16.7 Å². The molecule has 11 nitrogen and oxygen atoms in total. The number of nitrogens with two attached hydrogens (primary N) is 1. The predicted molar refractivity (Wildman–Crippen MR) is 101 cm³/mol. The van der Waals surface area contributed by atoms with Crippen LogP contribution in [0.5, 0.6) is 0 Å². The Morgan fingerprint density at radius 3 is 2.86 bits per heavy atom. The zero-order valence-electron chi connectivity index (χ0n) is 15.1. The zero-order valence-corrected chi connectivity index (χ0v) is 15.1. The molecular weight excluding hydrogens is 364 g/mol. The molecule has 11 heteroatoms. The van der Waals surface area contributed by atoms with Crippen LogP contribution in [0.3, 0.4) is 0 Å². The maximum Gasteiger partial charge on any atom is 0.329 e. The number of nitrogens with one attached hydrogen (secondary N) is 2. The van der Waals surface area contributed by atoms with Gasteiger partial charge in [0.05, 0.1) is 22.7 Å². The molecular formula is C17H20N8O3. The van der Waals surface area contributed by atoms with Gasteiger partial charge in [0.15, 0.2) is 0 Å². The highest BCUT2D eigenvalue weighted by Crippen LogP contribution is 2.45. The Bertz CT molecular complexity index is 956. The molecule has 0 spiro atoms. The highest BCUT2D eigenvalue weighted by molar-refractivity contribution is 5.80. The van der Waals surface area contributed by atoms with E-state index in [-0.39, 0.29) is 35.3 Å². The van der Waals surface area contributed by atoms with Crippen molar-refractivity contribution in [2.45, 2.75) is 25.9 Å². The van der Waals surface area contributed by atoms with Crippen molar-refractivity contribution in [3.05, 3.63) is 40.9 Å². The third-order valence-corrected chi connectivity index (χ3v) is 5.27. The maximum absolute atomic E-state index is 11.9. The van der Waals surface area contributed by atoms with Crippen LogP contribution < -0.4 is 16.4 Å². The predicted octanol–water partition coefficient (Wildman–Crippen LogP) is 1.43. The summed E-state index contributed by atoms with van der Waals surface area (Å²) in [6.07, 6.45) is 9.35. The standard InChI is InChI=1S/C17H20N8O3/c1-2-24-8-11(6-20-24)21-17-19-7-12(25(27)28)16(23-17)22-14-10-4-3-9(5-10)13(14)15(18)26/h3-4,6-10,13-14H,2,5H2,1H3,(H2,18,26)(H2,19,21,22,23)/t9-,10+,13+,14-/m1/s1. The van der Waals surface area contributed by atoms with Gasteiger partial charge in [0.2, 0.25) is 17.7 Å². The van der Waals surface area contributed by atoms with Gasteiger partial charge in [0.25, 0.3) is 0 Å². The lowest BCUT2D eigenvalue weighted by Crippen LogP contribution is -2.41. The SMILES string of the molecule is CCn1cc(Nc2ncc([N+](=O)[O-])c(N[C@H]3[C@@H](C(N)=O)[C@@H]4C=C[C@H]3C4)n2)cn1. The van der Waals surface area contributed by atoms with Gasteiger partial charge >= 0.3 is 5.69 Å². The largest absolute Gasteiger partial charge is 0.369 e. The third-order valence-electron chi connectivity index (χ3n) is 5.27. The van der Waals surface area contributed by atoms with Gasteiger partial charge in [-0.3, -0.25) is 19.6 Å². The average molecular weight is 384 g/mol. The summed E-state index contributed by atoms with van der Waals surface area (Å²) in [6, 6.07) is -0.336. The summed E-state index contributed by atoms with van der Waals surface area (Å²) in [7, 11) is 0. The average Bonchev–Trinajstić information content (AvgIpc) is 3.37. The van der Waals surface area contributed by atoms with E-state index in [9.17, 15) is 14.9 Å². The van der Waals surface area contributed by atoms with Gasteiger partial charge in [-0.05, 0) is 25.2 Å². The van der Waals surface area contributed by atoms with E-state index in [0.29, 0.717) is 12.2 Å². The van der Waals surface area contributed by atoms with Crippen LogP contribution in [0, 0.1) is 27.9 Å². The van der Waals surface area contributed by atoms with E-state index in [0.717, 1.165) is 12.6 Å². The van der Waals surface area contributed by atoms with Crippen LogP contribution in [0.2, 0.25) is 0 Å². The van der Waals surface area contributed by atoms with Crippen molar-refractivity contribution in [1.29, 1.82) is 0 Å². The molecule has 0 unspecified atom stereocenters. The summed E-state index contributed by atoms with van der Waals surface area (Å²) >= 11 is 0. The van der Waals surface area contributed by atoms with E-state index in [1.165, 1.54) is 0 Å². The van der Waals surface area contributed by atoms with Crippen molar-refractivity contribution in [2.75, 3.05) is 10.6 Å². The molecule has 4 N–H and O–H groups in total. The molecule has 1 saturated carbocycles. The second-order valence-corrected chi connectivity index (χ2v) is 6.94. The fourth-order valence-corrected chi connectivity index (χ4v) is 3.97. The summed E-state index contributed by atoms with van der Waals surface area (Å²) in [5.41, 5.74) is 5.98. The van der Waals surface area contributed by atoms with Crippen molar-refractivity contribution >= 4 is 29.0 Å². The van der Waals surface area contributed by atoms with E-state index in [4.69, 9.17) is 5.73 Å². The van der Waals surface area contributed by atoms with Crippen LogP contribution in [0.1, 0.15) is 13.3 Å². The Kier molecular flexibility index (Phi) is 4.41. The number of rotatable bonds is 7. The number of carbonyl (C=O) groups excluding carboxylic acids is 1. The molecule has 2 bridgehead atoms. The van der Waals surface area contributed by atoms with Crippen molar-refractivity contribution in [3.63, 3.8) is 0 Å². The quantitative estimate of drug-likeness (QED) is 0.368. The molecule has 0 saturated heterocycles. The number of fused-ring (bicyclic) bond motifs is 2. The highest BCUT2D eigenvalue weighted by atomic mass is 16.6. The van der Waals surface area contributed by atoms with Gasteiger partial charge in [-0.1, -0.05) is 12.2 Å². The van der Waals surface area contributed by atoms with E-state index in [1.54, 1.807) is 17.1 Å². The van der Waals surface area contributed by atoms with Gasteiger partial charge in [-0.25, -0.2) is 4.98 Å². The Morgan fingerprint density at radius 2 is 2.18 bits per heavy atom. The Hall–Kier alpha value is -3.50. The summed E-state index contributed by atoms with van der Waals surface area (Å²) in [6.45, 7) is 2.67. The molecule has 2 aromatic rings. The first-order chi connectivity index (χ1) is 13.5. The molecule has 4 rings (SSSR count). The van der Waals surface area contributed by atoms with Crippen LogP contribution in [0.25, 0.3) is 0 Å². The van der Waals surface area contributed by atoms with E-state index >= 15 is 0 Å². The first kappa shape index (κ1) is 17.9. The third kappa shape index (κ3) is 3.15. The van der Waals surface area contributed by atoms with Crippen LogP contribution in [-0.4, -0.2) is 36.6 Å². The molecule has 0 radical (unpaired) electrons. The lowest BCUT2D eigenvalue weighted by Gasteiger charge is -2.26. The molecule has 1 fully saturated rings. The number of amides is 1. The summed E-state index contributed by atoms with van der Waals surface area (Å²) in [5.74, 6) is -0.463. The fourth-order valence-electron chi connectivity index (χ4n) is 3.97. The Morgan fingerprint density at radius 1 is 1.39 bits per heavy atom. The normalized spacial score (nSPS) is 25.0. The summed E-state index contributed by atoms with van der Waals surface area (Å²) in [5, 5.41) is 21.7. The Labute approximate surface area is 160 Å². The van der Waals surface area contributed by atoms with Crippen LogP contribution >= 0.6 is 0 Å². The van der Waals surface area contributed by atoms with E-state index in [1.807, 2.05) is 19.1 Å². The minimum Gasteiger partial charge on any atom is -0.369 e. The number of carbonyl (C=O) groups is 1. The molecule has 2 heterocycles. The van der Waals surface area contributed by atoms with Crippen molar-refractivity contribution < 1.29 is 9.72 Å². The smallest absolute Gasteiger partial charge is 0.329 e. The molecule has 4 atom stereocenters. The number of aryl methyl sites for hydroxylation is 1. The number of aromatic nitrogens is 4. The Balaban J connectivity index is 1.62. The van der Waals surface area contributed by atoms with Crippen LogP contribution in [-0.2, 0) is 11.3 Å². The summed E-state index contributed by atoms with van der Waals surface area (Å²) in [4.78, 5) is 31.1. The number of hydrogen-bond donors (Lipinski definition) is 3. The number of primary amides is 1. The van der Waals surface area contributed by atoms with Gasteiger partial charge in [0, 0.05) is 18.8 Å². The molecule has 2 aromatic heterocycles. The van der Waals surface area contributed by atoms with Gasteiger partial charge in [-0.15, -0.1) is 0 Å². The molecule has 146 valence electrons. The molecule has 0 aliphatic heterocycles. The van der Waals surface area contributed by atoms with Crippen molar-refractivity contribution in [1.82, 2.24) is 19.7 Å². The second kappa shape index (κ2) is 6.91. The molecule has 2 aliphatic rings. The minimum absolute atomic E-state index is 0.0540. The molecule has 28 heavy (non-hydrogen) atoms. The zero-order chi connectivity index (χ0) is 19.8. The summed E-state index contributed by atoms with van der Waals surface area (Å²) < 4.78 is 1.73. The minimum atomic E-state index is -0.552. The van der Waals surface area contributed by atoms with Crippen LogP contribution in [0.15, 0.2) is 30.7 Å². The number of nitrogens with zero attached hydrogens (tertiary/aromatic N) is 5. The van der Waals surface area contributed by atoms with Gasteiger partial charge in [0.1, 0.15) is 6.20 Å². The number of anilines is 3.